The molecule has 5 nitrogen and oxygen atoms in total. The molecule has 2 atom stereocenters. The monoisotopic (exact) mass is 274 g/mol. The van der Waals surface area contributed by atoms with Gasteiger partial charge in [0.25, 0.3) is 5.91 Å². The van der Waals surface area contributed by atoms with Crippen LogP contribution >= 0.6 is 0 Å². The second-order valence-corrected chi connectivity index (χ2v) is 5.04. The number of amides is 1. The van der Waals surface area contributed by atoms with Crippen LogP contribution in [0.25, 0.3) is 10.9 Å². The topological polar surface area (TPSA) is 82.2 Å². The number of H-pyrrole nitrogens is 1. The average molecular weight is 274 g/mol. The molecule has 0 radical (unpaired) electrons. The highest BCUT2D eigenvalue weighted by Crippen LogP contribution is 2.07. The van der Waals surface area contributed by atoms with Gasteiger partial charge in [0.1, 0.15) is 5.56 Å². The van der Waals surface area contributed by atoms with Gasteiger partial charge in [-0.1, -0.05) is 12.1 Å². The van der Waals surface area contributed by atoms with Gasteiger partial charge in [-0.05, 0) is 32.4 Å². The fraction of sp³-hybridized carbons (Fsp3) is 0.333. The summed E-state index contributed by atoms with van der Waals surface area (Å²) in [7, 11) is 0. The third-order valence-corrected chi connectivity index (χ3v) is 3.11. The number of fused-ring (bicyclic) bond motifs is 1. The quantitative estimate of drug-likeness (QED) is 0.788. The minimum Gasteiger partial charge on any atom is -0.393 e. The Balaban J connectivity index is 2.27. The molecule has 0 aliphatic heterocycles. The van der Waals surface area contributed by atoms with Gasteiger partial charge in [0, 0.05) is 23.1 Å². The molecule has 2 aromatic rings. The lowest BCUT2D eigenvalue weighted by Gasteiger charge is -2.15. The van der Waals surface area contributed by atoms with Crippen LogP contribution < -0.4 is 10.7 Å². The lowest BCUT2D eigenvalue weighted by Crippen LogP contribution is -2.37. The molecule has 2 rings (SSSR count). The van der Waals surface area contributed by atoms with Crippen LogP contribution in [0.5, 0.6) is 0 Å². The Morgan fingerprint density at radius 1 is 1.35 bits per heavy atom. The normalized spacial score (nSPS) is 13.9. The fourth-order valence-electron chi connectivity index (χ4n) is 2.21. The zero-order valence-corrected chi connectivity index (χ0v) is 11.5. The Labute approximate surface area is 116 Å². The number of aliphatic hydroxyl groups excluding tert-OH is 1. The summed E-state index contributed by atoms with van der Waals surface area (Å²) in [4.78, 5) is 27.3. The van der Waals surface area contributed by atoms with Crippen LogP contribution in [0.2, 0.25) is 0 Å². The summed E-state index contributed by atoms with van der Waals surface area (Å²) in [6.45, 7) is 3.45. The summed E-state index contributed by atoms with van der Waals surface area (Å²) in [6.07, 6.45) is 1.37. The summed E-state index contributed by atoms with van der Waals surface area (Å²) in [5.41, 5.74) is 0.494. The van der Waals surface area contributed by atoms with E-state index in [9.17, 15) is 14.7 Å². The van der Waals surface area contributed by atoms with Gasteiger partial charge in [-0.3, -0.25) is 9.59 Å². The number of rotatable bonds is 4. The molecule has 0 aliphatic carbocycles. The van der Waals surface area contributed by atoms with Crippen LogP contribution in [0.15, 0.2) is 35.3 Å². The highest BCUT2D eigenvalue weighted by molar-refractivity contribution is 5.97. The molecule has 2 unspecified atom stereocenters. The van der Waals surface area contributed by atoms with Crippen molar-refractivity contribution in [2.75, 3.05) is 0 Å². The van der Waals surface area contributed by atoms with Crippen molar-refractivity contribution in [1.29, 1.82) is 0 Å². The van der Waals surface area contributed by atoms with E-state index in [1.807, 2.05) is 6.07 Å². The number of benzene rings is 1. The summed E-state index contributed by atoms with van der Waals surface area (Å²) in [6, 6.07) is 6.85. The molecule has 0 fully saturated rings. The Morgan fingerprint density at radius 2 is 2.05 bits per heavy atom. The first-order chi connectivity index (χ1) is 9.49. The van der Waals surface area contributed by atoms with Gasteiger partial charge in [-0.25, -0.2) is 0 Å². The van der Waals surface area contributed by atoms with Crippen molar-refractivity contribution >= 4 is 16.8 Å². The van der Waals surface area contributed by atoms with E-state index >= 15 is 0 Å². The van der Waals surface area contributed by atoms with E-state index in [0.717, 1.165) is 0 Å². The molecular weight excluding hydrogens is 256 g/mol. The largest absolute Gasteiger partial charge is 0.393 e. The number of aliphatic hydroxyl groups is 1. The van der Waals surface area contributed by atoms with E-state index in [1.165, 1.54) is 6.20 Å². The zero-order valence-electron chi connectivity index (χ0n) is 11.5. The smallest absolute Gasteiger partial charge is 0.256 e. The first-order valence-electron chi connectivity index (χ1n) is 6.58. The molecule has 0 aliphatic rings. The van der Waals surface area contributed by atoms with Crippen LogP contribution in [-0.4, -0.2) is 28.1 Å². The van der Waals surface area contributed by atoms with Gasteiger partial charge in [0.15, 0.2) is 0 Å². The van der Waals surface area contributed by atoms with E-state index in [4.69, 9.17) is 0 Å². The minimum absolute atomic E-state index is 0.0844. The average Bonchev–Trinajstić information content (AvgIpc) is 2.38. The molecule has 3 N–H and O–H groups in total. The molecule has 1 heterocycles. The third-order valence-electron chi connectivity index (χ3n) is 3.11. The second-order valence-electron chi connectivity index (χ2n) is 5.04. The molecule has 1 aromatic heterocycles. The number of carbonyl (C=O) groups is 1. The summed E-state index contributed by atoms with van der Waals surface area (Å²) < 4.78 is 0. The number of pyridine rings is 1. The number of aromatic nitrogens is 1. The van der Waals surface area contributed by atoms with Crippen molar-refractivity contribution in [3.8, 4) is 0 Å². The van der Waals surface area contributed by atoms with Gasteiger partial charge in [-0.15, -0.1) is 0 Å². The van der Waals surface area contributed by atoms with Gasteiger partial charge < -0.3 is 15.4 Å². The fourth-order valence-corrected chi connectivity index (χ4v) is 2.21. The molecule has 0 saturated carbocycles. The molecule has 1 amide bonds. The predicted molar refractivity (Wildman–Crippen MR) is 77.8 cm³/mol. The van der Waals surface area contributed by atoms with Crippen molar-refractivity contribution in [1.82, 2.24) is 10.3 Å². The summed E-state index contributed by atoms with van der Waals surface area (Å²) in [5.74, 6) is -0.426. The molecule has 0 bridgehead atoms. The Kier molecular flexibility index (Phi) is 4.20. The van der Waals surface area contributed by atoms with Gasteiger partial charge in [-0.2, -0.15) is 0 Å². The maximum atomic E-state index is 12.2. The van der Waals surface area contributed by atoms with E-state index in [-0.39, 0.29) is 17.0 Å². The van der Waals surface area contributed by atoms with E-state index in [2.05, 4.69) is 10.3 Å². The van der Waals surface area contributed by atoms with Crippen LogP contribution in [0.1, 0.15) is 30.6 Å². The van der Waals surface area contributed by atoms with Crippen LogP contribution in [0.4, 0.5) is 0 Å². The first-order valence-corrected chi connectivity index (χ1v) is 6.58. The molecule has 0 spiro atoms. The highest BCUT2D eigenvalue weighted by Gasteiger charge is 2.15. The number of para-hydroxylation sites is 1. The van der Waals surface area contributed by atoms with Gasteiger partial charge in [0.2, 0.25) is 5.43 Å². The molecule has 20 heavy (non-hydrogen) atoms. The van der Waals surface area contributed by atoms with Crippen LogP contribution in [0.3, 0.4) is 0 Å². The van der Waals surface area contributed by atoms with Crippen LogP contribution in [0, 0.1) is 0 Å². The van der Waals surface area contributed by atoms with E-state index in [0.29, 0.717) is 17.3 Å². The maximum absolute atomic E-state index is 12.2. The number of hydrogen-bond donors (Lipinski definition) is 3. The zero-order chi connectivity index (χ0) is 14.7. The lowest BCUT2D eigenvalue weighted by atomic mass is 10.1. The van der Waals surface area contributed by atoms with Crippen molar-refractivity contribution in [2.24, 2.45) is 0 Å². The second kappa shape index (κ2) is 5.88. The van der Waals surface area contributed by atoms with Crippen molar-refractivity contribution in [3.63, 3.8) is 0 Å². The summed E-state index contributed by atoms with van der Waals surface area (Å²) >= 11 is 0. The first kappa shape index (κ1) is 14.3. The van der Waals surface area contributed by atoms with Gasteiger partial charge in [0.05, 0.1) is 6.10 Å². The molecule has 1 aromatic carbocycles. The number of carbonyl (C=O) groups excluding carboxylic acids is 1. The van der Waals surface area contributed by atoms with Crippen molar-refractivity contribution < 1.29 is 9.90 Å². The highest BCUT2D eigenvalue weighted by atomic mass is 16.3. The Morgan fingerprint density at radius 3 is 2.75 bits per heavy atom. The number of nitrogens with one attached hydrogen (secondary N) is 2. The maximum Gasteiger partial charge on any atom is 0.256 e. The SMILES string of the molecule is CC(O)CC(C)NC(=O)c1c[nH]c2ccccc2c1=O. The number of aromatic amines is 1. The lowest BCUT2D eigenvalue weighted by molar-refractivity contribution is 0.0922. The van der Waals surface area contributed by atoms with Crippen LogP contribution in [-0.2, 0) is 0 Å². The van der Waals surface area contributed by atoms with Crippen molar-refractivity contribution in [2.45, 2.75) is 32.4 Å². The number of hydrogen-bond acceptors (Lipinski definition) is 3. The Hall–Kier alpha value is -2.14. The van der Waals surface area contributed by atoms with Crippen molar-refractivity contribution in [3.05, 3.63) is 46.2 Å². The predicted octanol–water partition coefficient (Wildman–Crippen LogP) is 1.42. The third kappa shape index (κ3) is 3.05. The van der Waals surface area contributed by atoms with E-state index < -0.39 is 12.0 Å². The molecule has 0 saturated heterocycles. The molecule has 106 valence electrons. The van der Waals surface area contributed by atoms with E-state index in [1.54, 1.807) is 32.0 Å². The molecular formula is C15H18N2O3. The Bertz CT molecular complexity index is 676. The van der Waals surface area contributed by atoms with Gasteiger partial charge >= 0.3 is 0 Å². The standard InChI is InChI=1S/C15H18N2O3/c1-9(7-10(2)18)17-15(20)12-8-16-13-6-4-3-5-11(13)14(12)19/h3-6,8-10,18H,7H2,1-2H3,(H,16,19)(H,17,20). The minimum atomic E-state index is -0.500. The molecule has 5 heteroatoms. The summed E-state index contributed by atoms with van der Waals surface area (Å²) in [5, 5.41) is 12.5.